The van der Waals surface area contributed by atoms with Gasteiger partial charge in [0.05, 0.1) is 22.8 Å². The van der Waals surface area contributed by atoms with Gasteiger partial charge in [-0.1, -0.05) is 153 Å². The Hall–Kier alpha value is -2.74. The maximum Gasteiger partial charge on any atom is 0.0665 e. The first-order chi connectivity index (χ1) is 22.7. The van der Waals surface area contributed by atoms with Gasteiger partial charge in [0.15, 0.2) is 0 Å². The predicted octanol–water partition coefficient (Wildman–Crippen LogP) is 14.6. The van der Waals surface area contributed by atoms with Crippen molar-refractivity contribution in [3.05, 3.63) is 84.0 Å². The summed E-state index contributed by atoms with van der Waals surface area (Å²) in [5, 5.41) is 0. The fourth-order valence-electron chi connectivity index (χ4n) is 5.85. The summed E-state index contributed by atoms with van der Waals surface area (Å²) < 4.78 is 0. The number of allylic oxidation sites excluding steroid dienone is 4. The minimum absolute atomic E-state index is 0.981. The highest BCUT2D eigenvalue weighted by Crippen LogP contribution is 2.26. The highest BCUT2D eigenvalue weighted by molar-refractivity contribution is 6.43. The lowest BCUT2D eigenvalue weighted by Gasteiger charge is -2.14. The number of para-hydroxylation sites is 2. The van der Waals surface area contributed by atoms with E-state index in [4.69, 9.17) is 9.98 Å². The third kappa shape index (κ3) is 17.8. The van der Waals surface area contributed by atoms with Crippen LogP contribution in [0.2, 0.25) is 0 Å². The molecule has 0 aliphatic heterocycles. The SMILES string of the molecule is CCCCCCCC=CCCc1ccccc1N=C(CCCC)C(CCCC)=Nc1ccccc1CCC=CCCCCCCC. The molecule has 0 heterocycles. The van der Waals surface area contributed by atoms with E-state index in [2.05, 4.69) is 101 Å². The summed E-state index contributed by atoms with van der Waals surface area (Å²) in [6.07, 6.45) is 36.2. The van der Waals surface area contributed by atoms with Gasteiger partial charge < -0.3 is 0 Å². The smallest absolute Gasteiger partial charge is 0.0665 e. The van der Waals surface area contributed by atoms with E-state index in [1.54, 1.807) is 0 Å². The molecule has 0 aliphatic carbocycles. The summed E-state index contributed by atoms with van der Waals surface area (Å²) in [6.45, 7) is 9.12. The van der Waals surface area contributed by atoms with Gasteiger partial charge in [0.1, 0.15) is 0 Å². The molecule has 46 heavy (non-hydrogen) atoms. The molecule has 0 bridgehead atoms. The van der Waals surface area contributed by atoms with Crippen molar-refractivity contribution in [2.45, 2.75) is 169 Å². The van der Waals surface area contributed by atoms with Crippen LogP contribution in [0.3, 0.4) is 0 Å². The minimum atomic E-state index is 0.981. The fourth-order valence-corrected chi connectivity index (χ4v) is 5.85. The molecule has 2 rings (SSSR count). The molecule has 0 radical (unpaired) electrons. The van der Waals surface area contributed by atoms with Crippen LogP contribution in [0.4, 0.5) is 11.4 Å². The van der Waals surface area contributed by atoms with Crippen LogP contribution in [0.5, 0.6) is 0 Å². The van der Waals surface area contributed by atoms with E-state index in [9.17, 15) is 0 Å². The van der Waals surface area contributed by atoms with E-state index in [0.717, 1.165) is 75.6 Å². The predicted molar refractivity (Wildman–Crippen MR) is 208 cm³/mol. The zero-order valence-electron chi connectivity index (χ0n) is 30.4. The van der Waals surface area contributed by atoms with Crippen molar-refractivity contribution in [2.24, 2.45) is 9.98 Å². The monoisotopic (exact) mass is 625 g/mol. The standard InChI is InChI=1S/C44H68N2/c1-5-9-13-15-17-19-21-23-25-31-39-33-27-29-37-41(39)45-43(35-11-7-3)44(36-12-8-4)46-42-38-30-28-34-40(42)32-26-24-22-20-18-16-14-10-6-2/h21-24,27-30,33-34,37-38H,5-20,25-26,31-32,35-36H2,1-4H3. The average Bonchev–Trinajstić information content (AvgIpc) is 3.08. The Morgan fingerprint density at radius 1 is 0.435 bits per heavy atom. The molecule has 0 N–H and O–H groups in total. The zero-order chi connectivity index (χ0) is 32.9. The topological polar surface area (TPSA) is 24.7 Å². The molecule has 2 aromatic carbocycles. The number of nitrogens with zero attached hydrogens (tertiary/aromatic N) is 2. The van der Waals surface area contributed by atoms with Crippen molar-refractivity contribution in [1.29, 1.82) is 0 Å². The molecule has 0 amide bonds. The molecule has 0 aliphatic rings. The highest BCUT2D eigenvalue weighted by atomic mass is 14.8. The minimum Gasteiger partial charge on any atom is -0.251 e. The van der Waals surface area contributed by atoms with Crippen LogP contribution < -0.4 is 0 Å². The number of aliphatic imine (C=N–C) groups is 2. The normalized spacial score (nSPS) is 12.6. The molecule has 0 aromatic heterocycles. The van der Waals surface area contributed by atoms with E-state index in [0.29, 0.717) is 0 Å². The van der Waals surface area contributed by atoms with Crippen molar-refractivity contribution < 1.29 is 0 Å². The molecule has 0 unspecified atom stereocenters. The number of unbranched alkanes of at least 4 members (excludes halogenated alkanes) is 12. The van der Waals surface area contributed by atoms with Crippen LogP contribution in [0.15, 0.2) is 82.8 Å². The summed E-state index contributed by atoms with van der Waals surface area (Å²) in [4.78, 5) is 10.8. The average molecular weight is 625 g/mol. The van der Waals surface area contributed by atoms with Crippen molar-refractivity contribution in [3.8, 4) is 0 Å². The third-order valence-corrected chi connectivity index (χ3v) is 8.80. The van der Waals surface area contributed by atoms with Gasteiger partial charge in [-0.05, 0) is 100 Å². The van der Waals surface area contributed by atoms with Crippen LogP contribution in [0.1, 0.15) is 167 Å². The first kappa shape index (κ1) is 39.4. The number of hydrogen-bond donors (Lipinski definition) is 0. The lowest BCUT2D eigenvalue weighted by atomic mass is 10.0. The van der Waals surface area contributed by atoms with Gasteiger partial charge in [-0.3, -0.25) is 9.98 Å². The lowest BCUT2D eigenvalue weighted by Crippen LogP contribution is -2.14. The highest BCUT2D eigenvalue weighted by Gasteiger charge is 2.13. The summed E-state index contributed by atoms with van der Waals surface area (Å²) in [6, 6.07) is 17.6. The van der Waals surface area contributed by atoms with Crippen LogP contribution in [0, 0.1) is 0 Å². The zero-order valence-corrected chi connectivity index (χ0v) is 30.4. The molecule has 0 atom stereocenters. The maximum absolute atomic E-state index is 5.41. The lowest BCUT2D eigenvalue weighted by molar-refractivity contribution is 0.637. The number of aryl methyl sites for hydroxylation is 2. The molecule has 0 fully saturated rings. The van der Waals surface area contributed by atoms with Crippen LogP contribution >= 0.6 is 0 Å². The Bertz CT molecular complexity index is 1060. The summed E-state index contributed by atoms with van der Waals surface area (Å²) in [5.74, 6) is 0. The van der Waals surface area contributed by atoms with E-state index in [-0.39, 0.29) is 0 Å². The molecule has 2 aromatic rings. The first-order valence-electron chi connectivity index (χ1n) is 19.3. The molecule has 0 saturated carbocycles. The van der Waals surface area contributed by atoms with Gasteiger partial charge >= 0.3 is 0 Å². The summed E-state index contributed by atoms with van der Waals surface area (Å²) in [5.41, 5.74) is 7.30. The van der Waals surface area contributed by atoms with Crippen LogP contribution in [0.25, 0.3) is 0 Å². The number of rotatable bonds is 27. The van der Waals surface area contributed by atoms with E-state index < -0.39 is 0 Å². The van der Waals surface area contributed by atoms with Crippen LogP contribution in [-0.2, 0) is 12.8 Å². The summed E-state index contributed by atoms with van der Waals surface area (Å²) in [7, 11) is 0. The maximum atomic E-state index is 5.41. The van der Waals surface area contributed by atoms with E-state index in [1.165, 1.54) is 99.6 Å². The molecule has 2 heteroatoms. The van der Waals surface area contributed by atoms with Gasteiger partial charge in [0, 0.05) is 0 Å². The molecular weight excluding hydrogens is 556 g/mol. The Labute approximate surface area is 285 Å². The van der Waals surface area contributed by atoms with Crippen molar-refractivity contribution in [1.82, 2.24) is 0 Å². The first-order valence-corrected chi connectivity index (χ1v) is 19.3. The van der Waals surface area contributed by atoms with E-state index in [1.807, 2.05) is 0 Å². The van der Waals surface area contributed by atoms with Crippen molar-refractivity contribution in [2.75, 3.05) is 0 Å². The number of benzene rings is 2. The largest absolute Gasteiger partial charge is 0.251 e. The molecular formula is C44H68N2. The Kier molecular flexibility index (Phi) is 23.5. The molecule has 2 nitrogen and oxygen atoms in total. The van der Waals surface area contributed by atoms with Gasteiger partial charge in [-0.2, -0.15) is 0 Å². The number of hydrogen-bond acceptors (Lipinski definition) is 2. The van der Waals surface area contributed by atoms with E-state index >= 15 is 0 Å². The van der Waals surface area contributed by atoms with Gasteiger partial charge in [0.2, 0.25) is 0 Å². The second-order valence-electron chi connectivity index (χ2n) is 13.0. The van der Waals surface area contributed by atoms with Gasteiger partial charge in [-0.25, -0.2) is 0 Å². The quantitative estimate of drug-likeness (QED) is 0.0537. The second kappa shape index (κ2) is 27.4. The Morgan fingerprint density at radius 2 is 0.804 bits per heavy atom. The third-order valence-electron chi connectivity index (χ3n) is 8.80. The Balaban J connectivity index is 2.19. The van der Waals surface area contributed by atoms with Crippen molar-refractivity contribution >= 4 is 22.8 Å². The summed E-state index contributed by atoms with van der Waals surface area (Å²) >= 11 is 0. The van der Waals surface area contributed by atoms with Gasteiger partial charge in [-0.15, -0.1) is 0 Å². The van der Waals surface area contributed by atoms with Crippen LogP contribution in [-0.4, -0.2) is 11.4 Å². The van der Waals surface area contributed by atoms with Gasteiger partial charge in [0.25, 0.3) is 0 Å². The Morgan fingerprint density at radius 3 is 1.22 bits per heavy atom. The molecule has 0 saturated heterocycles. The second-order valence-corrected chi connectivity index (χ2v) is 13.0. The van der Waals surface area contributed by atoms with Crippen molar-refractivity contribution in [3.63, 3.8) is 0 Å². The molecule has 254 valence electrons. The fraction of sp³-hybridized carbons (Fsp3) is 0.591. The molecule has 0 spiro atoms.